The molecule has 3 rings (SSSR count). The van der Waals surface area contributed by atoms with Crippen molar-refractivity contribution in [2.75, 3.05) is 32.8 Å². The second kappa shape index (κ2) is 6.47. The summed E-state index contributed by atoms with van der Waals surface area (Å²) in [5.41, 5.74) is -0.490. The average molecular weight is 403 g/mol. The number of fused-ring (bicyclic) bond motifs is 1. The van der Waals surface area contributed by atoms with Gasteiger partial charge in [-0.3, -0.25) is 0 Å². The summed E-state index contributed by atoms with van der Waals surface area (Å²) in [6, 6.07) is 1.18. The number of aliphatic hydroxyl groups excluding tert-OH is 1. The van der Waals surface area contributed by atoms with E-state index < -0.39 is 21.4 Å². The standard InChI is InChI=1S/C12H15ClN2O5S2.ClH/c13-9-1-8(10(21-9)11(17)18)22(19,20)15-3-7-2-14-4-12(7,5-15)6-16;/h1,7,14,16H,2-6H2,(H,17,18);1H. The van der Waals surface area contributed by atoms with Crippen LogP contribution in [0.15, 0.2) is 11.0 Å². The third-order valence-electron chi connectivity index (χ3n) is 4.44. The van der Waals surface area contributed by atoms with E-state index in [4.69, 9.17) is 16.7 Å². The zero-order valence-electron chi connectivity index (χ0n) is 11.9. The van der Waals surface area contributed by atoms with Gasteiger partial charge in [-0.2, -0.15) is 4.31 Å². The molecule has 0 spiro atoms. The van der Waals surface area contributed by atoms with Gasteiger partial charge in [0.15, 0.2) is 0 Å². The van der Waals surface area contributed by atoms with Gasteiger partial charge in [0.05, 0.1) is 10.9 Å². The van der Waals surface area contributed by atoms with Crippen LogP contribution in [0.2, 0.25) is 4.34 Å². The first-order valence-electron chi connectivity index (χ1n) is 6.64. The van der Waals surface area contributed by atoms with Gasteiger partial charge >= 0.3 is 5.97 Å². The Bertz CT molecular complexity index is 723. The van der Waals surface area contributed by atoms with Crippen LogP contribution < -0.4 is 5.32 Å². The van der Waals surface area contributed by atoms with Crippen LogP contribution in [0.5, 0.6) is 0 Å². The van der Waals surface area contributed by atoms with Gasteiger partial charge in [0.2, 0.25) is 10.0 Å². The molecule has 0 saturated carbocycles. The van der Waals surface area contributed by atoms with E-state index in [0.29, 0.717) is 13.1 Å². The molecule has 2 atom stereocenters. The predicted octanol–water partition coefficient (Wildman–Crippen LogP) is 0.724. The zero-order chi connectivity index (χ0) is 16.1. The van der Waals surface area contributed by atoms with Gasteiger partial charge in [-0.15, -0.1) is 23.7 Å². The highest BCUT2D eigenvalue weighted by Gasteiger charge is 2.52. The van der Waals surface area contributed by atoms with Gasteiger partial charge in [0.1, 0.15) is 9.77 Å². The molecule has 2 fully saturated rings. The van der Waals surface area contributed by atoms with Gasteiger partial charge in [-0.05, 0) is 18.5 Å². The van der Waals surface area contributed by atoms with E-state index >= 15 is 0 Å². The van der Waals surface area contributed by atoms with Crippen LogP contribution in [0, 0.1) is 11.3 Å². The van der Waals surface area contributed by atoms with Crippen molar-refractivity contribution >= 4 is 51.3 Å². The summed E-state index contributed by atoms with van der Waals surface area (Å²) < 4.78 is 26.9. The molecular formula is C12H16Cl2N2O5S2. The Kier molecular flexibility index (Phi) is 5.32. The molecule has 0 bridgehead atoms. The lowest BCUT2D eigenvalue weighted by molar-refractivity contribution is 0.0698. The first-order valence-corrected chi connectivity index (χ1v) is 9.28. The van der Waals surface area contributed by atoms with Crippen LogP contribution in [-0.2, 0) is 10.0 Å². The van der Waals surface area contributed by atoms with Crippen molar-refractivity contribution in [3.8, 4) is 0 Å². The van der Waals surface area contributed by atoms with Gasteiger partial charge in [0.25, 0.3) is 0 Å². The maximum Gasteiger partial charge on any atom is 0.347 e. The van der Waals surface area contributed by atoms with E-state index in [1.165, 1.54) is 10.4 Å². The maximum atomic E-state index is 12.8. The molecule has 11 heteroatoms. The van der Waals surface area contributed by atoms with Crippen molar-refractivity contribution in [1.82, 2.24) is 9.62 Å². The van der Waals surface area contributed by atoms with Crippen molar-refractivity contribution in [1.29, 1.82) is 0 Å². The van der Waals surface area contributed by atoms with Crippen LogP contribution >= 0.6 is 35.3 Å². The van der Waals surface area contributed by atoms with Crippen LogP contribution in [0.3, 0.4) is 0 Å². The summed E-state index contributed by atoms with van der Waals surface area (Å²) in [5, 5.41) is 22.0. The first-order chi connectivity index (χ1) is 10.3. The fourth-order valence-corrected chi connectivity index (χ4v) is 6.41. The lowest BCUT2D eigenvalue weighted by Crippen LogP contribution is -2.38. The van der Waals surface area contributed by atoms with Gasteiger partial charge in [-0.25, -0.2) is 13.2 Å². The van der Waals surface area contributed by atoms with Gasteiger partial charge < -0.3 is 15.5 Å². The Balaban J connectivity index is 0.00000192. The molecule has 3 heterocycles. The number of hydrogen-bond donors (Lipinski definition) is 3. The number of carboxylic acid groups (broad SMARTS) is 1. The summed E-state index contributed by atoms with van der Waals surface area (Å²) in [5.74, 6) is -1.29. The fourth-order valence-electron chi connectivity index (χ4n) is 3.20. The van der Waals surface area contributed by atoms with Crippen LogP contribution in [0.25, 0.3) is 0 Å². The minimum Gasteiger partial charge on any atom is -0.477 e. The number of rotatable bonds is 4. The number of carbonyl (C=O) groups is 1. The number of aromatic carboxylic acids is 1. The van der Waals surface area contributed by atoms with Crippen LogP contribution in [0.4, 0.5) is 0 Å². The summed E-state index contributed by atoms with van der Waals surface area (Å²) in [6.07, 6.45) is 0. The lowest BCUT2D eigenvalue weighted by Gasteiger charge is -2.25. The second-order valence-electron chi connectivity index (χ2n) is 5.69. The largest absolute Gasteiger partial charge is 0.477 e. The molecule has 2 saturated heterocycles. The van der Waals surface area contributed by atoms with Crippen molar-refractivity contribution in [2.45, 2.75) is 4.90 Å². The molecule has 2 aliphatic heterocycles. The summed E-state index contributed by atoms with van der Waals surface area (Å²) in [6.45, 7) is 1.53. The molecule has 0 radical (unpaired) electrons. The number of thiophene rings is 1. The molecule has 2 aliphatic rings. The Morgan fingerprint density at radius 3 is 2.83 bits per heavy atom. The summed E-state index contributed by atoms with van der Waals surface area (Å²) in [4.78, 5) is 10.7. The topological polar surface area (TPSA) is 107 Å². The predicted molar refractivity (Wildman–Crippen MR) is 88.2 cm³/mol. The molecule has 23 heavy (non-hydrogen) atoms. The average Bonchev–Trinajstić information content (AvgIpc) is 3.09. The number of hydrogen-bond acceptors (Lipinski definition) is 6. The minimum atomic E-state index is -3.94. The lowest BCUT2D eigenvalue weighted by atomic mass is 9.82. The number of nitrogens with one attached hydrogen (secondary N) is 1. The fraction of sp³-hybridized carbons (Fsp3) is 0.583. The highest BCUT2D eigenvalue weighted by atomic mass is 35.5. The number of carboxylic acids is 1. The Morgan fingerprint density at radius 1 is 1.57 bits per heavy atom. The normalized spacial score (nSPS) is 27.7. The molecule has 0 aliphatic carbocycles. The van der Waals surface area contributed by atoms with E-state index in [2.05, 4.69) is 5.32 Å². The van der Waals surface area contributed by atoms with Gasteiger partial charge in [0, 0.05) is 25.0 Å². The van der Waals surface area contributed by atoms with E-state index in [0.717, 1.165) is 11.3 Å². The molecular weight excluding hydrogens is 387 g/mol. The van der Waals surface area contributed by atoms with Crippen molar-refractivity contribution in [3.63, 3.8) is 0 Å². The number of nitrogens with zero attached hydrogens (tertiary/aromatic N) is 1. The van der Waals surface area contributed by atoms with E-state index in [1.807, 2.05) is 0 Å². The van der Waals surface area contributed by atoms with E-state index in [-0.39, 0.29) is 52.1 Å². The van der Waals surface area contributed by atoms with Crippen molar-refractivity contribution in [3.05, 3.63) is 15.3 Å². The van der Waals surface area contributed by atoms with Gasteiger partial charge in [-0.1, -0.05) is 11.6 Å². The second-order valence-corrected chi connectivity index (χ2v) is 9.28. The molecule has 1 aromatic rings. The molecule has 1 aromatic heterocycles. The quantitative estimate of drug-likeness (QED) is 0.684. The Morgan fingerprint density at radius 2 is 2.26 bits per heavy atom. The van der Waals surface area contributed by atoms with Crippen molar-refractivity contribution < 1.29 is 23.4 Å². The molecule has 0 amide bonds. The van der Waals surface area contributed by atoms with Crippen LogP contribution in [-0.4, -0.2) is 61.7 Å². The Labute approximate surface area is 148 Å². The van der Waals surface area contributed by atoms with E-state index in [9.17, 15) is 18.3 Å². The first kappa shape index (κ1) is 18.9. The Hall–Kier alpha value is -0.420. The number of aliphatic hydroxyl groups is 1. The zero-order valence-corrected chi connectivity index (χ0v) is 15.1. The third kappa shape index (κ3) is 2.99. The molecule has 2 unspecified atom stereocenters. The molecule has 130 valence electrons. The molecule has 3 N–H and O–H groups in total. The SMILES string of the molecule is Cl.O=C(O)c1sc(Cl)cc1S(=O)(=O)N1CC2CNCC2(CO)C1. The highest BCUT2D eigenvalue weighted by molar-refractivity contribution is 7.89. The highest BCUT2D eigenvalue weighted by Crippen LogP contribution is 2.42. The van der Waals surface area contributed by atoms with Crippen molar-refractivity contribution in [2.24, 2.45) is 11.3 Å². The number of sulfonamides is 1. The third-order valence-corrected chi connectivity index (χ3v) is 7.66. The summed E-state index contributed by atoms with van der Waals surface area (Å²) in [7, 11) is -3.94. The van der Waals surface area contributed by atoms with E-state index in [1.54, 1.807) is 0 Å². The van der Waals surface area contributed by atoms with Crippen LogP contribution in [0.1, 0.15) is 9.67 Å². The number of halogens is 2. The molecule has 0 aromatic carbocycles. The monoisotopic (exact) mass is 402 g/mol. The summed E-state index contributed by atoms with van der Waals surface area (Å²) >= 11 is 6.53. The molecule has 7 nitrogen and oxygen atoms in total. The minimum absolute atomic E-state index is 0. The maximum absolute atomic E-state index is 12.8. The smallest absolute Gasteiger partial charge is 0.347 e.